The minimum Gasteiger partial charge on any atom is -0.506 e. The minimum atomic E-state index is -1.29. The first kappa shape index (κ1) is 33.6. The number of aliphatic hydroxyl groups excluding tert-OH is 1. The second-order valence-electron chi connectivity index (χ2n) is 8.71. The van der Waals surface area contributed by atoms with Gasteiger partial charge in [-0.25, -0.2) is 0 Å². The lowest BCUT2D eigenvalue weighted by Crippen LogP contribution is -2.32. The predicted molar refractivity (Wildman–Crippen MR) is 160 cm³/mol. The number of carboxylic acids is 2. The highest BCUT2D eigenvalue weighted by atomic mass is 35.5. The maximum absolute atomic E-state index is 11.6. The van der Waals surface area contributed by atoms with Crippen LogP contribution in [0.4, 0.5) is 0 Å². The number of aromatic hydroxyl groups is 1. The van der Waals surface area contributed by atoms with E-state index in [2.05, 4.69) is 21.7 Å². The van der Waals surface area contributed by atoms with Crippen LogP contribution in [-0.4, -0.2) is 81.1 Å². The van der Waals surface area contributed by atoms with Crippen molar-refractivity contribution < 1.29 is 30.0 Å². The number of fused-ring (bicyclic) bond motifs is 1. The number of aromatic amines is 1. The molecule has 0 radical (unpaired) electrons. The molecule has 2 atom stereocenters. The number of aromatic nitrogens is 1. The highest BCUT2D eigenvalue weighted by Gasteiger charge is 2.16. The van der Waals surface area contributed by atoms with Gasteiger partial charge in [0, 0.05) is 29.4 Å². The van der Waals surface area contributed by atoms with Crippen molar-refractivity contribution in [3.05, 3.63) is 62.2 Å². The number of carbonyl (C=O) groups is 2. The Morgan fingerprint density at radius 1 is 1.07 bits per heavy atom. The summed E-state index contributed by atoms with van der Waals surface area (Å²) < 4.78 is 0.607. The molecule has 0 spiro atoms. The standard InChI is InChI=1S/C22H28ClN3O3S2.C4H7NO4/c23-17-5-2-1-4-15(17)8-10-24-9-3-12-30-13-11-25-14-19(28)16-6-7-18(27)20-21(16)31-22(29)26-20;5-2(4(8)9)1-3(6)7/h1-2,4-7,19,24-25,27-28H,3,8-14H2,(H,26,29);2H,1,5H2,(H,6,7)(H,8,9)/t19-;2-/m00/s1. The van der Waals surface area contributed by atoms with Gasteiger partial charge in [-0.05, 0) is 49.4 Å². The van der Waals surface area contributed by atoms with Crippen molar-refractivity contribution in [1.29, 1.82) is 0 Å². The molecule has 0 fully saturated rings. The van der Waals surface area contributed by atoms with Crippen LogP contribution in [0.15, 0.2) is 41.2 Å². The van der Waals surface area contributed by atoms with Crippen molar-refractivity contribution in [1.82, 2.24) is 15.6 Å². The van der Waals surface area contributed by atoms with Crippen molar-refractivity contribution >= 4 is 56.9 Å². The molecule has 9 N–H and O–H groups in total. The number of rotatable bonds is 16. The van der Waals surface area contributed by atoms with Crippen LogP contribution in [0, 0.1) is 0 Å². The van der Waals surface area contributed by atoms with Crippen LogP contribution in [0.1, 0.15) is 30.1 Å². The number of aliphatic carboxylic acids is 2. The zero-order chi connectivity index (χ0) is 29.5. The van der Waals surface area contributed by atoms with Gasteiger partial charge in [0.25, 0.3) is 0 Å². The molecule has 3 rings (SSSR count). The number of thioether (sulfide) groups is 1. The van der Waals surface area contributed by atoms with Gasteiger partial charge in [0.2, 0.25) is 0 Å². The Bertz CT molecular complexity index is 1290. The lowest BCUT2D eigenvalue weighted by atomic mass is 10.1. The number of hydrogen-bond acceptors (Lipinski definition) is 10. The zero-order valence-electron chi connectivity index (χ0n) is 21.8. The molecular weight excluding hydrogens is 580 g/mol. The van der Waals surface area contributed by atoms with E-state index in [0.29, 0.717) is 22.3 Å². The Kier molecular flexibility index (Phi) is 15.0. The number of thiazole rings is 1. The summed E-state index contributed by atoms with van der Waals surface area (Å²) in [7, 11) is 0. The summed E-state index contributed by atoms with van der Waals surface area (Å²) in [6.45, 7) is 3.11. The summed E-state index contributed by atoms with van der Waals surface area (Å²) in [4.78, 5) is 33.6. The van der Waals surface area contributed by atoms with Crippen LogP contribution < -0.4 is 21.2 Å². The third-order valence-electron chi connectivity index (χ3n) is 5.59. The Hall–Kier alpha value is -2.65. The molecule has 3 aromatic rings. The molecule has 11 nitrogen and oxygen atoms in total. The number of hydrogen-bond donors (Lipinski definition) is 8. The number of nitrogens with one attached hydrogen (secondary N) is 3. The number of nitrogens with two attached hydrogens (primary N) is 1. The number of halogens is 1. The van der Waals surface area contributed by atoms with Crippen LogP contribution in [0.25, 0.3) is 10.2 Å². The quantitative estimate of drug-likeness (QED) is 0.110. The molecule has 40 heavy (non-hydrogen) atoms. The van der Waals surface area contributed by atoms with E-state index < -0.39 is 30.5 Å². The number of carboxylic acid groups (broad SMARTS) is 2. The number of H-pyrrole nitrogens is 1. The average molecular weight is 615 g/mol. The van der Waals surface area contributed by atoms with E-state index in [1.54, 1.807) is 6.07 Å². The molecule has 14 heteroatoms. The zero-order valence-corrected chi connectivity index (χ0v) is 24.2. The molecular formula is C26H35ClN4O7S2. The minimum absolute atomic E-state index is 0.0204. The number of phenols is 1. The van der Waals surface area contributed by atoms with E-state index in [1.165, 1.54) is 11.6 Å². The number of phenolic OH excluding ortho intramolecular Hbond substituents is 1. The first-order valence-corrected chi connectivity index (χ1v) is 14.9. The predicted octanol–water partition coefficient (Wildman–Crippen LogP) is 2.40. The van der Waals surface area contributed by atoms with Gasteiger partial charge in [-0.1, -0.05) is 47.2 Å². The van der Waals surface area contributed by atoms with Crippen LogP contribution in [-0.2, 0) is 16.0 Å². The summed E-state index contributed by atoms with van der Waals surface area (Å²) in [6.07, 6.45) is 0.775. The van der Waals surface area contributed by atoms with E-state index in [4.69, 9.17) is 27.5 Å². The fourth-order valence-corrected chi connectivity index (χ4v) is 5.51. The maximum atomic E-state index is 11.6. The largest absolute Gasteiger partial charge is 0.506 e. The smallest absolute Gasteiger partial charge is 0.321 e. The lowest BCUT2D eigenvalue weighted by molar-refractivity contribution is -0.144. The van der Waals surface area contributed by atoms with E-state index in [0.717, 1.165) is 60.3 Å². The topological polar surface area (TPSA) is 198 Å². The van der Waals surface area contributed by atoms with Crippen LogP contribution in [0.2, 0.25) is 5.02 Å². The molecule has 0 unspecified atom stereocenters. The van der Waals surface area contributed by atoms with Gasteiger partial charge >= 0.3 is 16.8 Å². The SMILES string of the molecule is N[C@@H](CC(=O)O)C(=O)O.O=c1[nH]c2c(O)ccc([C@@H](O)CNCCSCCCNCCc3ccccc3Cl)c2s1. The Balaban J connectivity index is 0.000000536. The molecule has 1 heterocycles. The Morgan fingerprint density at radius 3 is 2.50 bits per heavy atom. The van der Waals surface area contributed by atoms with E-state index in [-0.39, 0.29) is 10.6 Å². The van der Waals surface area contributed by atoms with Gasteiger partial charge in [-0.3, -0.25) is 14.4 Å². The fourth-order valence-electron chi connectivity index (χ4n) is 3.52. The molecule has 0 aliphatic heterocycles. The number of benzene rings is 2. The highest BCUT2D eigenvalue weighted by molar-refractivity contribution is 7.99. The molecule has 0 aliphatic rings. The molecule has 0 bridgehead atoms. The summed E-state index contributed by atoms with van der Waals surface area (Å²) in [5.41, 5.74) is 7.06. The van der Waals surface area contributed by atoms with Crippen molar-refractivity contribution in [3.63, 3.8) is 0 Å². The Labute approximate surface area is 244 Å². The molecule has 1 aromatic heterocycles. The monoisotopic (exact) mass is 614 g/mol. The summed E-state index contributed by atoms with van der Waals surface area (Å²) >= 11 is 9.04. The maximum Gasteiger partial charge on any atom is 0.321 e. The van der Waals surface area contributed by atoms with Crippen molar-refractivity contribution in [2.45, 2.75) is 31.4 Å². The summed E-state index contributed by atoms with van der Waals surface area (Å²) in [5, 5.41) is 43.9. The first-order chi connectivity index (χ1) is 19.1. The lowest BCUT2D eigenvalue weighted by Gasteiger charge is -2.13. The van der Waals surface area contributed by atoms with Crippen molar-refractivity contribution in [2.24, 2.45) is 5.73 Å². The molecule has 0 saturated carbocycles. The van der Waals surface area contributed by atoms with Crippen molar-refractivity contribution in [2.75, 3.05) is 37.7 Å². The highest BCUT2D eigenvalue weighted by Crippen LogP contribution is 2.31. The second-order valence-corrected chi connectivity index (χ2v) is 11.3. The van der Waals surface area contributed by atoms with E-state index in [1.807, 2.05) is 30.0 Å². The van der Waals surface area contributed by atoms with Gasteiger partial charge < -0.3 is 41.8 Å². The number of aliphatic hydroxyl groups is 1. The van der Waals surface area contributed by atoms with E-state index >= 15 is 0 Å². The molecule has 0 aliphatic carbocycles. The van der Waals surface area contributed by atoms with Gasteiger partial charge in [-0.15, -0.1) is 0 Å². The fraction of sp³-hybridized carbons (Fsp3) is 0.423. The van der Waals surface area contributed by atoms with Gasteiger partial charge in [-0.2, -0.15) is 11.8 Å². The van der Waals surface area contributed by atoms with E-state index in [9.17, 15) is 24.6 Å². The Morgan fingerprint density at radius 2 is 1.82 bits per heavy atom. The van der Waals surface area contributed by atoms with Crippen molar-refractivity contribution in [3.8, 4) is 5.75 Å². The molecule has 220 valence electrons. The molecule has 2 aromatic carbocycles. The van der Waals surface area contributed by atoms with Gasteiger partial charge in [0.15, 0.2) is 0 Å². The van der Waals surface area contributed by atoms with Crippen LogP contribution in [0.5, 0.6) is 5.75 Å². The third kappa shape index (κ3) is 11.8. The second kappa shape index (κ2) is 17.9. The molecule has 0 saturated heterocycles. The molecule has 0 amide bonds. The summed E-state index contributed by atoms with van der Waals surface area (Å²) in [6, 6.07) is 9.83. The average Bonchev–Trinajstić information content (AvgIpc) is 3.30. The first-order valence-electron chi connectivity index (χ1n) is 12.6. The summed E-state index contributed by atoms with van der Waals surface area (Å²) in [5.74, 6) is -0.428. The van der Waals surface area contributed by atoms with Gasteiger partial charge in [0.05, 0.1) is 17.2 Å². The van der Waals surface area contributed by atoms with Crippen LogP contribution in [0.3, 0.4) is 0 Å². The normalized spacial score (nSPS) is 12.5. The third-order valence-corrected chi connectivity index (χ3v) is 7.96. The van der Waals surface area contributed by atoms with Gasteiger partial charge in [0.1, 0.15) is 17.3 Å². The van der Waals surface area contributed by atoms with Crippen LogP contribution >= 0.6 is 34.7 Å².